The first-order valence-electron chi connectivity index (χ1n) is 8.12. The van der Waals surface area contributed by atoms with Crippen molar-refractivity contribution in [3.8, 4) is 5.75 Å². The minimum Gasteiger partial charge on any atom is -0.490 e. The lowest BCUT2D eigenvalue weighted by molar-refractivity contribution is 0.0702. The number of nitrogens with one attached hydrogen (secondary N) is 1. The number of sulfonamides is 1. The van der Waals surface area contributed by atoms with Gasteiger partial charge in [-0.3, -0.25) is 15.0 Å². The van der Waals surface area contributed by atoms with Gasteiger partial charge in [-0.25, -0.2) is 13.9 Å². The van der Waals surface area contributed by atoms with Crippen LogP contribution in [-0.2, 0) is 10.0 Å². The zero-order chi connectivity index (χ0) is 18.6. The van der Waals surface area contributed by atoms with Crippen molar-refractivity contribution >= 4 is 15.9 Å². The van der Waals surface area contributed by atoms with Crippen molar-refractivity contribution in [1.82, 2.24) is 14.8 Å². The summed E-state index contributed by atoms with van der Waals surface area (Å²) >= 11 is 0. The number of ether oxygens (including phenoxy) is 1. The Morgan fingerprint density at radius 2 is 1.81 bits per heavy atom. The fourth-order valence-corrected chi connectivity index (χ4v) is 4.54. The number of nitrogens with zero attached hydrogens (tertiary/aromatic N) is 2. The average Bonchev–Trinajstić information content (AvgIpc) is 2.68. The van der Waals surface area contributed by atoms with Gasteiger partial charge in [-0.1, -0.05) is 12.1 Å². The van der Waals surface area contributed by atoms with E-state index in [1.165, 1.54) is 21.9 Å². The molecule has 1 aromatic carbocycles. The highest BCUT2D eigenvalue weighted by molar-refractivity contribution is 7.89. The highest BCUT2D eigenvalue weighted by atomic mass is 32.2. The molecule has 2 heterocycles. The minimum atomic E-state index is -3.85. The molecular formula is C17H19N3O5S. The van der Waals surface area contributed by atoms with Crippen molar-refractivity contribution in [2.24, 2.45) is 0 Å². The Bertz CT molecular complexity index is 865. The number of hydrogen-bond acceptors (Lipinski definition) is 6. The maximum Gasteiger partial charge on any atom is 0.276 e. The molecule has 0 bridgehead atoms. The molecule has 0 spiro atoms. The lowest BCUT2D eigenvalue weighted by Crippen LogP contribution is -2.42. The van der Waals surface area contributed by atoms with Gasteiger partial charge in [0.05, 0.1) is 10.5 Å². The summed E-state index contributed by atoms with van der Waals surface area (Å²) in [6, 6.07) is 9.32. The number of piperidine rings is 1. The van der Waals surface area contributed by atoms with E-state index in [1.807, 2.05) is 0 Å². The summed E-state index contributed by atoms with van der Waals surface area (Å²) in [5, 5.41) is 8.83. The van der Waals surface area contributed by atoms with Crippen LogP contribution in [0.1, 0.15) is 23.2 Å². The van der Waals surface area contributed by atoms with Crippen molar-refractivity contribution < 1.29 is 23.2 Å². The molecule has 1 aliphatic heterocycles. The molecule has 26 heavy (non-hydrogen) atoms. The number of aromatic nitrogens is 1. The predicted molar refractivity (Wildman–Crippen MR) is 92.3 cm³/mol. The Balaban J connectivity index is 1.72. The average molecular weight is 377 g/mol. The molecule has 3 rings (SSSR count). The lowest BCUT2D eigenvalue weighted by Gasteiger charge is -2.31. The SMILES string of the molecule is O=C(NO)c1ccccc1S(=O)(=O)N1CCC(Oc2ccncc2)CC1. The lowest BCUT2D eigenvalue weighted by atomic mass is 10.1. The third kappa shape index (κ3) is 3.85. The molecule has 0 atom stereocenters. The van der Waals surface area contributed by atoms with Crippen LogP contribution < -0.4 is 10.2 Å². The summed E-state index contributed by atoms with van der Waals surface area (Å²) in [6.07, 6.45) is 4.27. The summed E-state index contributed by atoms with van der Waals surface area (Å²) in [5.74, 6) is -0.161. The molecule has 0 saturated carbocycles. The molecule has 138 valence electrons. The van der Waals surface area contributed by atoms with Crippen LogP contribution in [0, 0.1) is 0 Å². The van der Waals surface area contributed by atoms with Gasteiger partial charge in [0.2, 0.25) is 10.0 Å². The van der Waals surface area contributed by atoms with Crippen molar-refractivity contribution in [3.05, 3.63) is 54.4 Å². The number of carbonyl (C=O) groups is 1. The molecule has 0 aliphatic carbocycles. The predicted octanol–water partition coefficient (Wildman–Crippen LogP) is 1.43. The maximum absolute atomic E-state index is 12.9. The van der Waals surface area contributed by atoms with Gasteiger partial charge in [0.25, 0.3) is 5.91 Å². The normalized spacial score (nSPS) is 16.2. The van der Waals surface area contributed by atoms with Crippen molar-refractivity contribution in [2.75, 3.05) is 13.1 Å². The molecule has 1 aliphatic rings. The van der Waals surface area contributed by atoms with Crippen LogP contribution in [0.15, 0.2) is 53.7 Å². The van der Waals surface area contributed by atoms with Gasteiger partial charge in [-0.15, -0.1) is 0 Å². The van der Waals surface area contributed by atoms with Crippen LogP contribution in [0.3, 0.4) is 0 Å². The molecule has 0 radical (unpaired) electrons. The van der Waals surface area contributed by atoms with Crippen LogP contribution in [0.2, 0.25) is 0 Å². The summed E-state index contributed by atoms with van der Waals surface area (Å²) < 4.78 is 33.0. The first-order chi connectivity index (χ1) is 12.5. The Kier molecular flexibility index (Phi) is 5.50. The fraction of sp³-hybridized carbons (Fsp3) is 0.294. The minimum absolute atomic E-state index is 0.0835. The van der Waals surface area contributed by atoms with E-state index in [0.717, 1.165) is 0 Å². The van der Waals surface area contributed by atoms with Gasteiger partial charge in [0, 0.05) is 25.5 Å². The van der Waals surface area contributed by atoms with E-state index < -0.39 is 15.9 Å². The van der Waals surface area contributed by atoms with Crippen LogP contribution >= 0.6 is 0 Å². The van der Waals surface area contributed by atoms with E-state index in [9.17, 15) is 13.2 Å². The van der Waals surface area contributed by atoms with Gasteiger partial charge in [0.15, 0.2) is 0 Å². The van der Waals surface area contributed by atoms with E-state index in [0.29, 0.717) is 18.6 Å². The monoisotopic (exact) mass is 377 g/mol. The number of pyridine rings is 1. The smallest absolute Gasteiger partial charge is 0.276 e. The van der Waals surface area contributed by atoms with Gasteiger partial charge < -0.3 is 4.74 Å². The van der Waals surface area contributed by atoms with E-state index >= 15 is 0 Å². The Labute approximate surface area is 151 Å². The van der Waals surface area contributed by atoms with Crippen molar-refractivity contribution in [2.45, 2.75) is 23.8 Å². The molecule has 0 unspecified atom stereocenters. The third-order valence-electron chi connectivity index (χ3n) is 4.20. The third-order valence-corrected chi connectivity index (χ3v) is 6.16. The summed E-state index contributed by atoms with van der Waals surface area (Å²) in [6.45, 7) is 0.570. The molecular weight excluding hydrogens is 358 g/mol. The quantitative estimate of drug-likeness (QED) is 0.603. The summed E-state index contributed by atoms with van der Waals surface area (Å²) in [7, 11) is -3.85. The van der Waals surface area contributed by atoms with Gasteiger partial charge in [-0.2, -0.15) is 4.31 Å². The molecule has 1 aromatic heterocycles. The Hall–Kier alpha value is -2.49. The van der Waals surface area contributed by atoms with Gasteiger partial charge >= 0.3 is 0 Å². The van der Waals surface area contributed by atoms with Crippen LogP contribution in [0.4, 0.5) is 0 Å². The second kappa shape index (κ2) is 7.81. The zero-order valence-electron chi connectivity index (χ0n) is 13.9. The Morgan fingerprint density at radius 3 is 2.46 bits per heavy atom. The molecule has 2 N–H and O–H groups in total. The Morgan fingerprint density at radius 1 is 1.15 bits per heavy atom. The number of rotatable bonds is 5. The molecule has 9 heteroatoms. The van der Waals surface area contributed by atoms with Crippen LogP contribution in [0.25, 0.3) is 0 Å². The molecule has 1 amide bonds. The number of benzene rings is 1. The highest BCUT2D eigenvalue weighted by Gasteiger charge is 2.32. The first kappa shape index (κ1) is 18.3. The number of hydrogen-bond donors (Lipinski definition) is 2. The van der Waals surface area contributed by atoms with Gasteiger partial charge in [0.1, 0.15) is 11.9 Å². The largest absolute Gasteiger partial charge is 0.490 e. The second-order valence-corrected chi connectivity index (χ2v) is 7.75. The fourth-order valence-electron chi connectivity index (χ4n) is 2.88. The van der Waals surface area contributed by atoms with Gasteiger partial charge in [-0.05, 0) is 37.1 Å². The molecule has 8 nitrogen and oxygen atoms in total. The first-order valence-corrected chi connectivity index (χ1v) is 9.56. The van der Waals surface area contributed by atoms with E-state index in [2.05, 4.69) is 4.98 Å². The van der Waals surface area contributed by atoms with E-state index in [4.69, 9.17) is 9.94 Å². The number of amides is 1. The van der Waals surface area contributed by atoms with Crippen LogP contribution in [-0.4, -0.2) is 48.0 Å². The second-order valence-electron chi connectivity index (χ2n) is 5.84. The number of hydroxylamine groups is 1. The molecule has 1 saturated heterocycles. The van der Waals surface area contributed by atoms with Crippen molar-refractivity contribution in [1.29, 1.82) is 0 Å². The van der Waals surface area contributed by atoms with Crippen molar-refractivity contribution in [3.63, 3.8) is 0 Å². The standard InChI is InChI=1S/C17H19N3O5S/c21-17(19-22)15-3-1-2-4-16(15)26(23,24)20-11-7-14(8-12-20)25-13-5-9-18-10-6-13/h1-6,9-10,14,22H,7-8,11-12H2,(H,19,21). The zero-order valence-corrected chi connectivity index (χ0v) is 14.7. The number of carbonyl (C=O) groups excluding carboxylic acids is 1. The molecule has 1 fully saturated rings. The summed E-state index contributed by atoms with van der Waals surface area (Å²) in [5.41, 5.74) is 1.39. The molecule has 2 aromatic rings. The topological polar surface area (TPSA) is 109 Å². The highest BCUT2D eigenvalue weighted by Crippen LogP contribution is 2.25. The summed E-state index contributed by atoms with van der Waals surface area (Å²) in [4.78, 5) is 15.6. The van der Waals surface area contributed by atoms with E-state index in [1.54, 1.807) is 36.7 Å². The van der Waals surface area contributed by atoms with E-state index in [-0.39, 0.29) is 29.7 Å². The van der Waals surface area contributed by atoms with Crippen LogP contribution in [0.5, 0.6) is 5.75 Å². The maximum atomic E-state index is 12.9.